The topological polar surface area (TPSA) is 76.9 Å². The van der Waals surface area contributed by atoms with Gasteiger partial charge in [-0.15, -0.1) is 5.10 Å². The highest BCUT2D eigenvalue weighted by Gasteiger charge is 2.41. The van der Waals surface area contributed by atoms with Crippen LogP contribution in [0.2, 0.25) is 0 Å². The van der Waals surface area contributed by atoms with Gasteiger partial charge in [0, 0.05) is 13.3 Å². The van der Waals surface area contributed by atoms with E-state index in [1.54, 1.807) is 31.8 Å². The Hall–Kier alpha value is -0.950. The highest BCUT2D eigenvalue weighted by molar-refractivity contribution is 7.92. The molecule has 0 fully saturated rings. The van der Waals surface area contributed by atoms with Gasteiger partial charge in [0.05, 0.1) is 22.7 Å². The van der Waals surface area contributed by atoms with Gasteiger partial charge < -0.3 is 5.32 Å². The fourth-order valence-corrected chi connectivity index (χ4v) is 2.32. The van der Waals surface area contributed by atoms with Gasteiger partial charge in [-0.05, 0) is 20.4 Å². The summed E-state index contributed by atoms with van der Waals surface area (Å²) < 4.78 is 24.5. The molecule has 98 valence electrons. The first-order valence-electron chi connectivity index (χ1n) is 5.49. The van der Waals surface area contributed by atoms with Crippen molar-refractivity contribution in [3.05, 3.63) is 11.9 Å². The molecule has 1 rings (SSSR count). The molecule has 0 saturated carbocycles. The first-order valence-corrected chi connectivity index (χ1v) is 7.38. The molecule has 1 unspecified atom stereocenters. The summed E-state index contributed by atoms with van der Waals surface area (Å²) in [6, 6.07) is -0.331. The lowest BCUT2D eigenvalue weighted by Gasteiger charge is -2.32. The Balaban J connectivity index is 3.24. The Morgan fingerprint density at radius 3 is 2.47 bits per heavy atom. The summed E-state index contributed by atoms with van der Waals surface area (Å²) in [6.45, 7) is 6.04. The van der Waals surface area contributed by atoms with Gasteiger partial charge in [0.1, 0.15) is 0 Å². The molecule has 0 spiro atoms. The van der Waals surface area contributed by atoms with E-state index in [9.17, 15) is 8.42 Å². The number of aromatic nitrogens is 3. The normalized spacial score (nSPS) is 14.9. The van der Waals surface area contributed by atoms with E-state index < -0.39 is 14.6 Å². The molecule has 7 heteroatoms. The SMILES string of the molecule is CCNC(c1cnnn1C)C(C)(C)S(C)(=O)=O. The van der Waals surface area contributed by atoms with Crippen molar-refractivity contribution in [3.63, 3.8) is 0 Å². The quantitative estimate of drug-likeness (QED) is 0.823. The zero-order valence-electron chi connectivity index (χ0n) is 10.9. The fraction of sp³-hybridized carbons (Fsp3) is 0.800. The molecule has 6 nitrogen and oxygen atoms in total. The molecule has 0 bridgehead atoms. The first-order chi connectivity index (χ1) is 7.71. The lowest BCUT2D eigenvalue weighted by atomic mass is 10.00. The van der Waals surface area contributed by atoms with Crippen molar-refractivity contribution in [3.8, 4) is 0 Å². The molecule has 17 heavy (non-hydrogen) atoms. The number of rotatable bonds is 5. The monoisotopic (exact) mass is 260 g/mol. The molecule has 0 radical (unpaired) electrons. The molecule has 1 aromatic heterocycles. The minimum Gasteiger partial charge on any atom is -0.308 e. The molecule has 1 N–H and O–H groups in total. The van der Waals surface area contributed by atoms with Crippen LogP contribution in [-0.4, -0.2) is 41.0 Å². The molecule has 0 aromatic carbocycles. The second-order valence-corrected chi connectivity index (χ2v) is 7.25. The lowest BCUT2D eigenvalue weighted by molar-refractivity contribution is 0.407. The van der Waals surface area contributed by atoms with Gasteiger partial charge in [-0.25, -0.2) is 8.42 Å². The van der Waals surface area contributed by atoms with Crippen molar-refractivity contribution < 1.29 is 8.42 Å². The fourth-order valence-electron chi connectivity index (χ4n) is 1.68. The van der Waals surface area contributed by atoms with Crippen LogP contribution in [0.4, 0.5) is 0 Å². The predicted octanol–water partition coefficient (Wildman–Crippen LogP) is 0.289. The van der Waals surface area contributed by atoms with E-state index in [2.05, 4.69) is 15.6 Å². The van der Waals surface area contributed by atoms with Crippen LogP contribution in [0.5, 0.6) is 0 Å². The number of hydrogen-bond acceptors (Lipinski definition) is 5. The number of aryl methyl sites for hydroxylation is 1. The minimum atomic E-state index is -3.20. The smallest absolute Gasteiger partial charge is 0.154 e. The van der Waals surface area contributed by atoms with Crippen LogP contribution in [0.15, 0.2) is 6.20 Å². The van der Waals surface area contributed by atoms with Crippen LogP contribution in [0, 0.1) is 0 Å². The zero-order valence-corrected chi connectivity index (χ0v) is 11.7. The second-order valence-electron chi connectivity index (χ2n) is 4.65. The lowest BCUT2D eigenvalue weighted by Crippen LogP contribution is -2.45. The Kier molecular flexibility index (Phi) is 3.93. The maximum Gasteiger partial charge on any atom is 0.154 e. The van der Waals surface area contributed by atoms with E-state index in [1.807, 2.05) is 6.92 Å². The van der Waals surface area contributed by atoms with Gasteiger partial charge in [0.15, 0.2) is 9.84 Å². The molecule has 0 aliphatic carbocycles. The third-order valence-electron chi connectivity index (χ3n) is 3.10. The van der Waals surface area contributed by atoms with E-state index in [-0.39, 0.29) is 6.04 Å². The number of nitrogens with one attached hydrogen (secondary N) is 1. The Morgan fingerprint density at radius 1 is 1.53 bits per heavy atom. The summed E-state index contributed by atoms with van der Waals surface area (Å²) in [7, 11) is -1.44. The standard InChI is InChI=1S/C10H20N4O2S/c1-6-11-9(8-7-12-13-14(8)4)10(2,3)17(5,15)16/h7,9,11H,6H2,1-5H3. The van der Waals surface area contributed by atoms with Crippen molar-refractivity contribution in [2.45, 2.75) is 31.6 Å². The van der Waals surface area contributed by atoms with Crippen LogP contribution < -0.4 is 5.32 Å². The summed E-state index contributed by atoms with van der Waals surface area (Å²) in [5, 5.41) is 10.8. The van der Waals surface area contributed by atoms with Gasteiger partial charge in [0.2, 0.25) is 0 Å². The zero-order chi connectivity index (χ0) is 13.3. The predicted molar refractivity (Wildman–Crippen MR) is 66.3 cm³/mol. The van der Waals surface area contributed by atoms with Gasteiger partial charge in [-0.2, -0.15) is 0 Å². The molecule has 1 atom stereocenters. The van der Waals surface area contributed by atoms with E-state index in [4.69, 9.17) is 0 Å². The second kappa shape index (κ2) is 4.73. The minimum absolute atomic E-state index is 0.331. The molecule has 0 aliphatic heterocycles. The van der Waals surface area contributed by atoms with Crippen molar-refractivity contribution >= 4 is 9.84 Å². The van der Waals surface area contributed by atoms with E-state index in [1.165, 1.54) is 6.26 Å². The van der Waals surface area contributed by atoms with Crippen molar-refractivity contribution in [1.29, 1.82) is 0 Å². The molecule has 0 saturated heterocycles. The molecular weight excluding hydrogens is 240 g/mol. The van der Waals surface area contributed by atoms with Crippen LogP contribution >= 0.6 is 0 Å². The number of nitrogens with zero attached hydrogens (tertiary/aromatic N) is 3. The molecule has 1 heterocycles. The molecule has 0 aliphatic rings. The van der Waals surface area contributed by atoms with E-state index in [0.717, 1.165) is 5.69 Å². The van der Waals surface area contributed by atoms with Crippen LogP contribution in [-0.2, 0) is 16.9 Å². The van der Waals surface area contributed by atoms with Gasteiger partial charge in [-0.1, -0.05) is 12.1 Å². The Bertz CT molecular complexity index is 478. The third-order valence-corrected chi connectivity index (χ3v) is 5.25. The maximum absolute atomic E-state index is 11.9. The highest BCUT2D eigenvalue weighted by atomic mass is 32.2. The summed E-state index contributed by atoms with van der Waals surface area (Å²) >= 11 is 0. The van der Waals surface area contributed by atoms with Crippen molar-refractivity contribution in [2.24, 2.45) is 7.05 Å². The largest absolute Gasteiger partial charge is 0.308 e. The van der Waals surface area contributed by atoms with Crippen LogP contribution in [0.3, 0.4) is 0 Å². The van der Waals surface area contributed by atoms with Gasteiger partial charge in [0.25, 0.3) is 0 Å². The van der Waals surface area contributed by atoms with Gasteiger partial charge in [-0.3, -0.25) is 4.68 Å². The average Bonchev–Trinajstić information content (AvgIpc) is 2.58. The number of hydrogen-bond donors (Lipinski definition) is 1. The third kappa shape index (κ3) is 2.66. The number of sulfone groups is 1. The summed E-state index contributed by atoms with van der Waals surface area (Å²) in [5.74, 6) is 0. The Labute approximate surface area is 102 Å². The Morgan fingerprint density at radius 2 is 2.12 bits per heavy atom. The summed E-state index contributed by atoms with van der Waals surface area (Å²) in [6.07, 6.45) is 2.85. The van der Waals surface area contributed by atoms with Crippen LogP contribution in [0.1, 0.15) is 32.5 Å². The van der Waals surface area contributed by atoms with E-state index >= 15 is 0 Å². The molecule has 0 amide bonds. The average molecular weight is 260 g/mol. The van der Waals surface area contributed by atoms with Crippen molar-refractivity contribution in [1.82, 2.24) is 20.3 Å². The van der Waals surface area contributed by atoms with Gasteiger partial charge >= 0.3 is 0 Å². The molecule has 1 aromatic rings. The summed E-state index contributed by atoms with van der Waals surface area (Å²) in [5.41, 5.74) is 0.766. The highest BCUT2D eigenvalue weighted by Crippen LogP contribution is 2.31. The molecular formula is C10H20N4O2S. The van der Waals surface area contributed by atoms with E-state index in [0.29, 0.717) is 6.54 Å². The summed E-state index contributed by atoms with van der Waals surface area (Å²) in [4.78, 5) is 0. The van der Waals surface area contributed by atoms with Crippen molar-refractivity contribution in [2.75, 3.05) is 12.8 Å². The maximum atomic E-state index is 11.9. The van der Waals surface area contributed by atoms with Crippen LogP contribution in [0.25, 0.3) is 0 Å². The first kappa shape index (κ1) is 14.1.